The van der Waals surface area contributed by atoms with Crippen LogP contribution in [0.4, 0.5) is 17.7 Å². The lowest BCUT2D eigenvalue weighted by atomic mass is 10.1. The maximum absolute atomic E-state index is 12.2. The van der Waals surface area contributed by atoms with Gasteiger partial charge in [-0.3, -0.25) is 4.79 Å². The van der Waals surface area contributed by atoms with Crippen molar-refractivity contribution in [3.05, 3.63) is 35.7 Å². The van der Waals surface area contributed by atoms with E-state index in [1.54, 1.807) is 0 Å². The predicted molar refractivity (Wildman–Crippen MR) is 53.3 cm³/mol. The van der Waals surface area contributed by atoms with Gasteiger partial charge in [-0.1, -0.05) is 21.8 Å². The Morgan fingerprint density at radius 3 is 2.32 bits per heavy atom. The van der Waals surface area contributed by atoms with Gasteiger partial charge in [-0.2, -0.15) is 23.7 Å². The molecule has 1 amide bonds. The van der Waals surface area contributed by atoms with Gasteiger partial charge >= 0.3 is 12.1 Å². The monoisotopic (exact) mass is 275 g/mol. The van der Waals surface area contributed by atoms with Crippen LogP contribution in [0, 0.1) is 0 Å². The number of aromatic nitrogens is 2. The average molecular weight is 275 g/mol. The van der Waals surface area contributed by atoms with E-state index in [0.717, 1.165) is 5.54 Å². The van der Waals surface area contributed by atoms with Crippen molar-refractivity contribution in [3.63, 3.8) is 0 Å². The second-order valence-electron chi connectivity index (χ2n) is 3.42. The summed E-state index contributed by atoms with van der Waals surface area (Å²) in [6.45, 7) is 0. The predicted octanol–water partition coefficient (Wildman–Crippen LogP) is 2.37. The van der Waals surface area contributed by atoms with Gasteiger partial charge in [-0.15, -0.1) is 0 Å². The Morgan fingerprint density at radius 2 is 1.84 bits per heavy atom. The molecule has 0 bridgehead atoms. The molecule has 9 heteroatoms. The van der Waals surface area contributed by atoms with Crippen LogP contribution in [0.2, 0.25) is 0 Å². The van der Waals surface area contributed by atoms with Crippen molar-refractivity contribution in [1.29, 1.82) is 0 Å². The molecule has 0 saturated heterocycles. The molecule has 0 saturated carbocycles. The molecule has 1 heterocycles. The fourth-order valence-corrected chi connectivity index (χ4v) is 1.28. The van der Waals surface area contributed by atoms with Gasteiger partial charge in [0.2, 0.25) is 5.82 Å². The zero-order chi connectivity index (χ0) is 14.0. The molecule has 1 aromatic carbocycles. The Hall–Kier alpha value is -2.45. The van der Waals surface area contributed by atoms with E-state index in [0.29, 0.717) is 0 Å². The third-order valence-corrected chi connectivity index (χ3v) is 2.16. The van der Waals surface area contributed by atoms with Crippen LogP contribution in [0.15, 0.2) is 28.8 Å². The van der Waals surface area contributed by atoms with E-state index in [-0.39, 0.29) is 17.0 Å². The molecule has 2 rings (SSSR count). The number of nitrogens with one attached hydrogen (secondary N) is 1. The Kier molecular flexibility index (Phi) is 3.19. The summed E-state index contributed by atoms with van der Waals surface area (Å²) in [5, 5.41) is 3.17. The number of carbonyl (C=O) groups excluding carboxylic acids is 1. The zero-order valence-corrected chi connectivity index (χ0v) is 9.03. The number of benzene rings is 1. The second-order valence-corrected chi connectivity index (χ2v) is 3.42. The highest BCUT2D eigenvalue weighted by Crippen LogP contribution is 2.29. The number of carbonyl (C=O) groups is 1. The number of alkyl halides is 3. The van der Waals surface area contributed by atoms with E-state index < -0.39 is 18.0 Å². The molecular weight excluding hydrogens is 270 g/mol. The van der Waals surface area contributed by atoms with Crippen molar-refractivity contribution in [1.82, 2.24) is 15.7 Å². The van der Waals surface area contributed by atoms with Crippen molar-refractivity contribution in [2.24, 2.45) is 0 Å². The van der Waals surface area contributed by atoms with Gasteiger partial charge in [0.15, 0.2) is 0 Å². The van der Waals surface area contributed by atoms with Crippen molar-refractivity contribution < 1.29 is 27.0 Å². The first-order valence-electron chi connectivity index (χ1n) is 4.84. The Morgan fingerprint density at radius 1 is 1.21 bits per heavy atom. The van der Waals surface area contributed by atoms with Crippen LogP contribution in [0.1, 0.15) is 16.2 Å². The van der Waals surface area contributed by atoms with Crippen LogP contribution in [0.5, 0.6) is 0 Å². The quantitative estimate of drug-likeness (QED) is 0.674. The van der Waals surface area contributed by atoms with Gasteiger partial charge in [0, 0.05) is 11.1 Å². The van der Waals surface area contributed by atoms with Gasteiger partial charge in [0.1, 0.15) is 0 Å². The summed E-state index contributed by atoms with van der Waals surface area (Å²) < 4.78 is 52.6. The molecule has 5 nitrogen and oxygen atoms in total. The summed E-state index contributed by atoms with van der Waals surface area (Å²) in [5.41, 5.74) is 1.14. The molecule has 0 spiro atoms. The second kappa shape index (κ2) is 4.67. The van der Waals surface area contributed by atoms with Gasteiger partial charge < -0.3 is 4.52 Å². The lowest BCUT2D eigenvalue weighted by molar-refractivity contribution is -0.159. The Balaban J connectivity index is 2.28. The van der Waals surface area contributed by atoms with E-state index in [2.05, 4.69) is 14.7 Å². The van der Waals surface area contributed by atoms with E-state index in [1.165, 1.54) is 24.3 Å². The molecule has 1 N–H and O–H groups in total. The smallest absolute Gasteiger partial charge is 0.329 e. The summed E-state index contributed by atoms with van der Waals surface area (Å²) >= 11 is 0. The van der Waals surface area contributed by atoms with Crippen LogP contribution in [-0.2, 0) is 6.18 Å². The first-order chi connectivity index (χ1) is 8.91. The first kappa shape index (κ1) is 13.0. The van der Waals surface area contributed by atoms with Crippen LogP contribution < -0.4 is 5.54 Å². The molecule has 0 aliphatic carbocycles. The zero-order valence-electron chi connectivity index (χ0n) is 9.03. The molecule has 0 fully saturated rings. The van der Waals surface area contributed by atoms with E-state index in [9.17, 15) is 22.4 Å². The third kappa shape index (κ3) is 2.69. The minimum atomic E-state index is -4.72. The molecular formula is C10H5F4N3O2. The molecule has 0 aliphatic heterocycles. The largest absolute Gasteiger partial charge is 0.471 e. The van der Waals surface area contributed by atoms with Crippen molar-refractivity contribution >= 4 is 5.91 Å². The molecule has 1 aromatic heterocycles. The van der Waals surface area contributed by atoms with Gasteiger partial charge in [-0.25, -0.2) is 0 Å². The Labute approximate surface area is 103 Å². The molecule has 19 heavy (non-hydrogen) atoms. The Bertz CT molecular complexity index is 592. The molecule has 0 atom stereocenters. The topological polar surface area (TPSA) is 68.0 Å². The molecule has 0 aliphatic rings. The summed E-state index contributed by atoms with van der Waals surface area (Å²) in [6.07, 6.45) is -4.72. The normalized spacial score (nSPS) is 11.4. The fraction of sp³-hybridized carbons (Fsp3) is 0.100. The summed E-state index contributed by atoms with van der Waals surface area (Å²) in [4.78, 5) is 14.1. The molecule has 0 unspecified atom stereocenters. The van der Waals surface area contributed by atoms with Crippen LogP contribution >= 0.6 is 0 Å². The van der Waals surface area contributed by atoms with Gasteiger partial charge in [0.25, 0.3) is 5.91 Å². The van der Waals surface area contributed by atoms with Crippen LogP contribution in [-0.4, -0.2) is 16.0 Å². The number of hydrogen-bond acceptors (Lipinski definition) is 4. The maximum Gasteiger partial charge on any atom is 0.471 e. The lowest BCUT2D eigenvalue weighted by Crippen LogP contribution is -2.13. The lowest BCUT2D eigenvalue weighted by Gasteiger charge is -1.98. The summed E-state index contributed by atoms with van der Waals surface area (Å²) in [7, 11) is 0. The van der Waals surface area contributed by atoms with Crippen molar-refractivity contribution in [2.75, 3.05) is 0 Å². The van der Waals surface area contributed by atoms with Crippen LogP contribution in [0.25, 0.3) is 11.4 Å². The number of hydrogen-bond donors (Lipinski definition) is 1. The molecule has 100 valence electrons. The SMILES string of the molecule is O=C(NF)c1ccc(-c2noc(C(F)(F)F)n2)cc1. The number of halogens is 4. The standard InChI is InChI=1S/C10H5F4N3O2/c11-10(12,13)9-15-7(17-19-9)5-1-3-6(4-2-5)8(18)16-14/h1-4H,(H,16,18). The molecule has 0 radical (unpaired) electrons. The average Bonchev–Trinajstić information content (AvgIpc) is 2.87. The van der Waals surface area contributed by atoms with E-state index in [4.69, 9.17) is 0 Å². The summed E-state index contributed by atoms with van der Waals surface area (Å²) in [5.74, 6) is -2.71. The van der Waals surface area contributed by atoms with E-state index >= 15 is 0 Å². The minimum absolute atomic E-state index is 0.00536. The first-order valence-corrected chi connectivity index (χ1v) is 4.84. The number of nitrogens with zero attached hydrogens (tertiary/aromatic N) is 2. The number of amides is 1. The fourth-order valence-electron chi connectivity index (χ4n) is 1.28. The van der Waals surface area contributed by atoms with E-state index in [1.807, 2.05) is 0 Å². The number of rotatable bonds is 2. The van der Waals surface area contributed by atoms with Crippen LogP contribution in [0.3, 0.4) is 0 Å². The highest BCUT2D eigenvalue weighted by Gasteiger charge is 2.38. The minimum Gasteiger partial charge on any atom is -0.329 e. The third-order valence-electron chi connectivity index (χ3n) is 2.16. The van der Waals surface area contributed by atoms with Gasteiger partial charge in [-0.05, 0) is 12.1 Å². The highest BCUT2D eigenvalue weighted by molar-refractivity contribution is 5.93. The van der Waals surface area contributed by atoms with Gasteiger partial charge in [0.05, 0.1) is 0 Å². The van der Waals surface area contributed by atoms with Crippen molar-refractivity contribution in [3.8, 4) is 11.4 Å². The highest BCUT2D eigenvalue weighted by atomic mass is 19.4. The molecule has 2 aromatic rings. The van der Waals surface area contributed by atoms with Crippen molar-refractivity contribution in [2.45, 2.75) is 6.18 Å². The maximum atomic E-state index is 12.2. The summed E-state index contributed by atoms with van der Waals surface area (Å²) in [6, 6.07) is 4.98.